The van der Waals surface area contributed by atoms with E-state index in [1.54, 1.807) is 6.92 Å². The fourth-order valence-corrected chi connectivity index (χ4v) is 5.44. The molecular formula is C32H44F3N5O2. The van der Waals surface area contributed by atoms with Gasteiger partial charge in [0, 0.05) is 64.2 Å². The van der Waals surface area contributed by atoms with E-state index in [1.807, 2.05) is 48.0 Å². The molecule has 0 radical (unpaired) electrons. The molecule has 1 saturated heterocycles. The van der Waals surface area contributed by atoms with Crippen LogP contribution in [0.2, 0.25) is 0 Å². The molecular weight excluding hydrogens is 543 g/mol. The van der Waals surface area contributed by atoms with E-state index in [-0.39, 0.29) is 24.9 Å². The lowest BCUT2D eigenvalue weighted by molar-refractivity contribution is -0.135. The second kappa shape index (κ2) is 13.5. The van der Waals surface area contributed by atoms with Crippen LogP contribution in [0.15, 0.2) is 54.4 Å². The Labute approximate surface area is 247 Å². The molecule has 4 rings (SSSR count). The number of benzene rings is 2. The first kappa shape index (κ1) is 31.8. The van der Waals surface area contributed by atoms with Crippen LogP contribution in [0.4, 0.5) is 13.2 Å². The van der Waals surface area contributed by atoms with E-state index in [4.69, 9.17) is 4.74 Å². The molecule has 0 aliphatic carbocycles. The number of nitrogens with one attached hydrogen (secondary N) is 2. The molecule has 0 spiro atoms. The number of carbonyl (C=O) groups is 1. The van der Waals surface area contributed by atoms with Gasteiger partial charge in [-0.1, -0.05) is 36.4 Å². The van der Waals surface area contributed by atoms with Crippen molar-refractivity contribution in [2.24, 2.45) is 0 Å². The number of aryl methyl sites for hydroxylation is 1. The Hall–Kier alpha value is -3.08. The van der Waals surface area contributed by atoms with Crippen LogP contribution in [0.5, 0.6) is 5.75 Å². The van der Waals surface area contributed by atoms with Crippen molar-refractivity contribution < 1.29 is 22.7 Å². The highest BCUT2D eigenvalue weighted by Gasteiger charge is 2.29. The lowest BCUT2D eigenvalue weighted by Crippen LogP contribution is -2.47. The Bertz CT molecular complexity index is 1250. The Morgan fingerprint density at radius 2 is 1.83 bits per heavy atom. The van der Waals surface area contributed by atoms with Crippen LogP contribution >= 0.6 is 0 Å². The van der Waals surface area contributed by atoms with Crippen LogP contribution in [-0.2, 0) is 16.9 Å². The van der Waals surface area contributed by atoms with Gasteiger partial charge in [-0.25, -0.2) is 5.43 Å². The summed E-state index contributed by atoms with van der Waals surface area (Å²) in [5.74, 6) is 1.66. The zero-order chi connectivity index (χ0) is 30.5. The molecule has 42 heavy (non-hydrogen) atoms. The molecule has 2 aromatic rings. The quantitative estimate of drug-likeness (QED) is 0.333. The third-order valence-corrected chi connectivity index (χ3v) is 8.04. The minimum atomic E-state index is -4.13. The van der Waals surface area contributed by atoms with Crippen molar-refractivity contribution in [3.63, 3.8) is 0 Å². The van der Waals surface area contributed by atoms with E-state index in [2.05, 4.69) is 53.8 Å². The maximum Gasteiger partial charge on any atom is 0.389 e. The Morgan fingerprint density at radius 3 is 2.48 bits per heavy atom. The van der Waals surface area contributed by atoms with Crippen molar-refractivity contribution >= 4 is 5.91 Å². The van der Waals surface area contributed by atoms with E-state index in [0.717, 1.165) is 61.0 Å². The number of hydrazine groups is 1. The zero-order valence-electron chi connectivity index (χ0n) is 25.4. The molecule has 1 atom stereocenters. The largest absolute Gasteiger partial charge is 0.440 e. The molecule has 1 amide bonds. The summed E-state index contributed by atoms with van der Waals surface area (Å²) in [6.07, 6.45) is -2.81. The second-order valence-corrected chi connectivity index (χ2v) is 11.7. The number of amides is 1. The highest BCUT2D eigenvalue weighted by atomic mass is 19.4. The molecule has 1 unspecified atom stereocenters. The van der Waals surface area contributed by atoms with Gasteiger partial charge >= 0.3 is 6.18 Å². The van der Waals surface area contributed by atoms with Crippen LogP contribution in [0.3, 0.4) is 0 Å². The molecule has 2 heterocycles. The minimum absolute atomic E-state index is 0.0458. The van der Waals surface area contributed by atoms with E-state index in [9.17, 15) is 18.0 Å². The summed E-state index contributed by atoms with van der Waals surface area (Å²) < 4.78 is 44.0. The van der Waals surface area contributed by atoms with Gasteiger partial charge in [0.1, 0.15) is 5.75 Å². The van der Waals surface area contributed by atoms with E-state index >= 15 is 0 Å². The first-order chi connectivity index (χ1) is 19.8. The first-order valence-electron chi connectivity index (χ1n) is 14.8. The molecule has 230 valence electrons. The van der Waals surface area contributed by atoms with Gasteiger partial charge < -0.3 is 15.0 Å². The van der Waals surface area contributed by atoms with E-state index < -0.39 is 18.1 Å². The van der Waals surface area contributed by atoms with Crippen molar-refractivity contribution in [2.75, 3.05) is 39.3 Å². The summed E-state index contributed by atoms with van der Waals surface area (Å²) in [5.41, 5.74) is 7.35. The molecule has 2 aromatic carbocycles. The van der Waals surface area contributed by atoms with Crippen molar-refractivity contribution in [2.45, 2.75) is 71.8 Å². The molecule has 2 aliphatic heterocycles. The number of alkyl halides is 3. The third-order valence-electron chi connectivity index (χ3n) is 8.04. The standard InChI is InChI=1S/C32H44F3N5O2/c1-6-40-30(42-29-12-11-25(19-23(29)2)22-38-15-17-39(18-16-38)24(3)41)21-28(37-40)26-9-7-10-27(20-26)31(4,5)36-14-8-13-32(33,34)35/h7,9-12,19-21,28,36-37H,6,8,13-18,22H2,1-5H3. The van der Waals surface area contributed by atoms with Gasteiger partial charge in [0.15, 0.2) is 0 Å². The predicted molar refractivity (Wildman–Crippen MR) is 158 cm³/mol. The Balaban J connectivity index is 1.39. The summed E-state index contributed by atoms with van der Waals surface area (Å²) in [5, 5.41) is 5.27. The molecule has 0 aromatic heterocycles. The summed E-state index contributed by atoms with van der Waals surface area (Å²) in [4.78, 5) is 15.9. The van der Waals surface area contributed by atoms with Gasteiger partial charge in [0.25, 0.3) is 0 Å². The topological polar surface area (TPSA) is 60.1 Å². The summed E-state index contributed by atoms with van der Waals surface area (Å²) in [6, 6.07) is 14.3. The number of nitrogens with zero attached hydrogens (tertiary/aromatic N) is 3. The molecule has 1 fully saturated rings. The van der Waals surface area contributed by atoms with Crippen LogP contribution in [0, 0.1) is 6.92 Å². The van der Waals surface area contributed by atoms with Gasteiger partial charge in [-0.15, -0.1) is 0 Å². The van der Waals surface area contributed by atoms with Gasteiger partial charge in [0.2, 0.25) is 11.8 Å². The van der Waals surface area contributed by atoms with E-state index in [1.165, 1.54) is 5.56 Å². The minimum Gasteiger partial charge on any atom is -0.440 e. The molecule has 2 N–H and O–H groups in total. The fourth-order valence-electron chi connectivity index (χ4n) is 5.44. The van der Waals surface area contributed by atoms with Gasteiger partial charge in [-0.05, 0) is 69.0 Å². The number of hydrogen-bond acceptors (Lipinski definition) is 6. The van der Waals surface area contributed by atoms with Crippen molar-refractivity contribution in [1.82, 2.24) is 25.6 Å². The molecule has 10 heteroatoms. The first-order valence-corrected chi connectivity index (χ1v) is 14.8. The second-order valence-electron chi connectivity index (χ2n) is 11.7. The maximum atomic E-state index is 12.5. The number of hydrogen-bond donors (Lipinski definition) is 2. The average Bonchev–Trinajstić information content (AvgIpc) is 3.35. The van der Waals surface area contributed by atoms with Crippen molar-refractivity contribution in [1.29, 1.82) is 0 Å². The monoisotopic (exact) mass is 587 g/mol. The van der Waals surface area contributed by atoms with Gasteiger partial charge in [-0.2, -0.15) is 13.2 Å². The number of ether oxygens (including phenoxy) is 1. The SMILES string of the molecule is CCN1NC(c2cccc(C(C)(C)NCCCC(F)(F)F)c2)C=C1Oc1ccc(CN2CCN(C(C)=O)CC2)cc1C. The van der Waals surface area contributed by atoms with Crippen molar-refractivity contribution in [3.05, 3.63) is 76.7 Å². The number of carbonyl (C=O) groups excluding carboxylic acids is 1. The lowest BCUT2D eigenvalue weighted by atomic mass is 9.91. The number of rotatable bonds is 11. The number of halogens is 3. The fraction of sp³-hybridized carbons (Fsp3) is 0.531. The summed E-state index contributed by atoms with van der Waals surface area (Å²) in [6.45, 7) is 14.8. The van der Waals surface area contributed by atoms with Crippen molar-refractivity contribution in [3.8, 4) is 5.75 Å². The van der Waals surface area contributed by atoms with Crippen LogP contribution in [0.1, 0.15) is 68.8 Å². The number of piperazine rings is 1. The zero-order valence-corrected chi connectivity index (χ0v) is 25.4. The molecule has 7 nitrogen and oxygen atoms in total. The molecule has 2 aliphatic rings. The Kier molecular flexibility index (Phi) is 10.2. The third kappa shape index (κ3) is 8.49. The summed E-state index contributed by atoms with van der Waals surface area (Å²) >= 11 is 0. The van der Waals surface area contributed by atoms with Crippen LogP contribution in [-0.4, -0.2) is 66.2 Å². The van der Waals surface area contributed by atoms with Gasteiger partial charge in [-0.3, -0.25) is 14.7 Å². The van der Waals surface area contributed by atoms with Crippen LogP contribution in [0.25, 0.3) is 0 Å². The average molecular weight is 588 g/mol. The lowest BCUT2D eigenvalue weighted by Gasteiger charge is -2.34. The summed E-state index contributed by atoms with van der Waals surface area (Å²) in [7, 11) is 0. The maximum absolute atomic E-state index is 12.5. The Morgan fingerprint density at radius 1 is 1.10 bits per heavy atom. The normalized spacial score (nSPS) is 18.4. The van der Waals surface area contributed by atoms with E-state index in [0.29, 0.717) is 6.54 Å². The molecule has 0 saturated carbocycles. The highest BCUT2D eigenvalue weighted by molar-refractivity contribution is 5.73. The molecule has 0 bridgehead atoms. The highest BCUT2D eigenvalue weighted by Crippen LogP contribution is 2.31. The van der Waals surface area contributed by atoms with Crippen LogP contribution < -0.4 is 15.5 Å². The predicted octanol–water partition coefficient (Wildman–Crippen LogP) is 5.63. The smallest absolute Gasteiger partial charge is 0.389 e. The van der Waals surface area contributed by atoms with Gasteiger partial charge in [0.05, 0.1) is 6.04 Å².